The maximum absolute atomic E-state index is 11.9. The Hall–Kier alpha value is -0.831. The molecule has 0 amide bonds. The molecule has 0 aromatic carbocycles. The SMILES string of the molecule is CO[C@@H](C/C=C/B1OC(C)(C)C(C)(C)O1)c1coc(C[C@H](O[Si](C)(C)C(C)(C)C)C(C)(C)[C@@H](O)C[C@H](OC)[C@@H](C)CO[Si](C)(C)C(C)(C)C)n1. The lowest BCUT2D eigenvalue weighted by atomic mass is 9.76. The number of aliphatic hydroxyl groups is 1. The van der Waals surface area contributed by atoms with Crippen LogP contribution >= 0.6 is 0 Å². The van der Waals surface area contributed by atoms with Crippen LogP contribution in [0.1, 0.15) is 121 Å². The van der Waals surface area contributed by atoms with E-state index in [9.17, 15) is 5.11 Å². The summed E-state index contributed by atoms with van der Waals surface area (Å²) >= 11 is 0. The Bertz CT molecular complexity index is 1220. The highest BCUT2D eigenvalue weighted by Gasteiger charge is 2.50. The Morgan fingerprint density at radius 1 is 0.900 bits per heavy atom. The summed E-state index contributed by atoms with van der Waals surface area (Å²) < 4.78 is 43.7. The summed E-state index contributed by atoms with van der Waals surface area (Å²) in [4.78, 5) is 4.88. The van der Waals surface area contributed by atoms with Gasteiger partial charge in [-0.2, -0.15) is 0 Å². The molecule has 290 valence electrons. The summed E-state index contributed by atoms with van der Waals surface area (Å²) in [5, 5.41) is 12.0. The van der Waals surface area contributed by atoms with Crippen LogP contribution < -0.4 is 0 Å². The van der Waals surface area contributed by atoms with Crippen LogP contribution in [0.3, 0.4) is 0 Å². The number of hydrogen-bond acceptors (Lipinski definition) is 9. The van der Waals surface area contributed by atoms with E-state index in [1.54, 1.807) is 20.5 Å². The van der Waals surface area contributed by atoms with Gasteiger partial charge in [0, 0.05) is 45.0 Å². The monoisotopic (exact) mass is 740 g/mol. The van der Waals surface area contributed by atoms with E-state index in [1.165, 1.54) is 0 Å². The fourth-order valence-electron chi connectivity index (χ4n) is 5.30. The van der Waals surface area contributed by atoms with Crippen LogP contribution in [0.5, 0.6) is 0 Å². The molecule has 2 heterocycles. The molecule has 0 saturated carbocycles. The van der Waals surface area contributed by atoms with Gasteiger partial charge in [0.2, 0.25) is 0 Å². The summed E-state index contributed by atoms with van der Waals surface area (Å²) in [6.07, 6.45) is 3.59. The molecule has 0 unspecified atom stereocenters. The summed E-state index contributed by atoms with van der Waals surface area (Å²) in [7, 11) is -1.19. The maximum Gasteiger partial charge on any atom is 0.486 e. The first kappa shape index (κ1) is 45.3. The lowest BCUT2D eigenvalue weighted by molar-refractivity contribution is -0.0774. The van der Waals surface area contributed by atoms with Crippen LogP contribution in [0.25, 0.3) is 0 Å². The van der Waals surface area contributed by atoms with Crippen molar-refractivity contribution >= 4 is 23.8 Å². The van der Waals surface area contributed by atoms with Gasteiger partial charge < -0.3 is 37.2 Å². The number of aliphatic hydroxyl groups excluding tert-OH is 1. The van der Waals surface area contributed by atoms with E-state index in [-0.39, 0.29) is 34.3 Å². The second-order valence-electron chi connectivity index (χ2n) is 19.1. The first-order valence-electron chi connectivity index (χ1n) is 18.5. The molecule has 1 aromatic heterocycles. The lowest BCUT2D eigenvalue weighted by Crippen LogP contribution is -2.52. The summed E-state index contributed by atoms with van der Waals surface area (Å²) in [5.41, 5.74) is -0.723. The molecule has 50 heavy (non-hydrogen) atoms. The number of hydrogen-bond donors (Lipinski definition) is 1. The van der Waals surface area contributed by atoms with Crippen LogP contribution in [0.15, 0.2) is 22.7 Å². The fourth-order valence-corrected chi connectivity index (χ4v) is 7.86. The van der Waals surface area contributed by atoms with E-state index in [2.05, 4.69) is 88.5 Å². The van der Waals surface area contributed by atoms with Crippen molar-refractivity contribution in [1.82, 2.24) is 4.98 Å². The normalized spacial score (nSPS) is 20.7. The zero-order chi connectivity index (χ0) is 38.7. The molecule has 5 atom stereocenters. The molecule has 1 fully saturated rings. The fraction of sp³-hybridized carbons (Fsp3) is 0.868. The van der Waals surface area contributed by atoms with Crippen molar-refractivity contribution in [1.29, 1.82) is 0 Å². The molecule has 1 aromatic rings. The van der Waals surface area contributed by atoms with Gasteiger partial charge in [-0.15, -0.1) is 0 Å². The van der Waals surface area contributed by atoms with E-state index < -0.39 is 46.5 Å². The summed E-state index contributed by atoms with van der Waals surface area (Å²) in [5.74, 6) is 2.60. The molecular formula is C38H74BNO8Si2. The molecule has 9 nitrogen and oxygen atoms in total. The topological polar surface area (TPSA) is 102 Å². The van der Waals surface area contributed by atoms with Crippen LogP contribution in [-0.4, -0.2) is 84.2 Å². The third-order valence-corrected chi connectivity index (χ3v) is 21.3. The second-order valence-corrected chi connectivity index (χ2v) is 28.7. The van der Waals surface area contributed by atoms with Crippen LogP contribution in [0, 0.1) is 11.3 Å². The zero-order valence-corrected chi connectivity index (χ0v) is 37.3. The molecule has 0 bridgehead atoms. The van der Waals surface area contributed by atoms with E-state index in [4.69, 9.17) is 37.0 Å². The standard InChI is InChI=1S/C38H74BNO8Si2/c1-27(25-45-49(16,17)34(2,3)4)30(43-15)23-31(41)36(8,9)32(46-50(18,19)35(5,6)7)24-33-40-28(26-44-33)29(42-14)21-20-22-39-47-37(10,11)38(12,13)48-39/h20,22,26-27,29-32,41H,21,23-25H2,1-19H3/b22-20+/t27-,29-,30-,31-,32-/m0/s1. The van der Waals surface area contributed by atoms with E-state index in [1.807, 2.05) is 39.7 Å². The van der Waals surface area contributed by atoms with E-state index in [0.717, 1.165) is 0 Å². The van der Waals surface area contributed by atoms with Gasteiger partial charge in [-0.1, -0.05) is 74.4 Å². The summed E-state index contributed by atoms with van der Waals surface area (Å²) in [6.45, 7) is 37.5. The van der Waals surface area contributed by atoms with Crippen molar-refractivity contribution in [3.05, 3.63) is 29.9 Å². The Kier molecular flexibility index (Phi) is 15.1. The molecule has 1 aliphatic rings. The quantitative estimate of drug-likeness (QED) is 0.148. The first-order valence-corrected chi connectivity index (χ1v) is 24.3. The zero-order valence-electron chi connectivity index (χ0n) is 35.3. The Morgan fingerprint density at radius 3 is 1.92 bits per heavy atom. The van der Waals surface area contributed by atoms with Crippen molar-refractivity contribution in [3.63, 3.8) is 0 Å². The van der Waals surface area contributed by atoms with Crippen molar-refractivity contribution in [2.45, 2.75) is 181 Å². The van der Waals surface area contributed by atoms with Crippen molar-refractivity contribution in [3.8, 4) is 0 Å². The molecule has 1 aliphatic heterocycles. The number of methoxy groups -OCH3 is 2. The van der Waals surface area contributed by atoms with Gasteiger partial charge in [0.25, 0.3) is 0 Å². The van der Waals surface area contributed by atoms with Crippen LogP contribution in [0.4, 0.5) is 0 Å². The van der Waals surface area contributed by atoms with Gasteiger partial charge in [0.05, 0.1) is 29.5 Å². The predicted molar refractivity (Wildman–Crippen MR) is 209 cm³/mol. The maximum atomic E-state index is 11.9. The van der Waals surface area contributed by atoms with Crippen LogP contribution in [0.2, 0.25) is 36.3 Å². The number of ether oxygens (including phenoxy) is 2. The number of nitrogens with zero attached hydrogens (tertiary/aromatic N) is 1. The van der Waals surface area contributed by atoms with Gasteiger partial charge in [0.15, 0.2) is 22.5 Å². The third-order valence-electron chi connectivity index (χ3n) is 12.3. The van der Waals surface area contributed by atoms with Crippen molar-refractivity contribution in [2.75, 3.05) is 20.8 Å². The Morgan fingerprint density at radius 2 is 1.44 bits per heavy atom. The van der Waals surface area contributed by atoms with Gasteiger partial charge in [-0.05, 0) is 70.4 Å². The minimum atomic E-state index is -2.26. The van der Waals surface area contributed by atoms with E-state index in [0.29, 0.717) is 37.5 Å². The van der Waals surface area contributed by atoms with Gasteiger partial charge in [-0.3, -0.25) is 0 Å². The number of oxazole rings is 1. The lowest BCUT2D eigenvalue weighted by Gasteiger charge is -2.46. The minimum Gasteiger partial charge on any atom is -0.449 e. The number of rotatable bonds is 18. The Labute approximate surface area is 308 Å². The van der Waals surface area contributed by atoms with Crippen molar-refractivity contribution in [2.24, 2.45) is 11.3 Å². The first-order chi connectivity index (χ1) is 22.5. The molecule has 0 radical (unpaired) electrons. The highest BCUT2D eigenvalue weighted by molar-refractivity contribution is 6.74. The molecular weight excluding hydrogens is 665 g/mol. The van der Waals surface area contributed by atoms with Gasteiger partial charge >= 0.3 is 7.12 Å². The average Bonchev–Trinajstić information content (AvgIpc) is 3.50. The largest absolute Gasteiger partial charge is 0.486 e. The van der Waals surface area contributed by atoms with Crippen LogP contribution in [-0.2, 0) is 34.1 Å². The molecule has 12 heteroatoms. The molecule has 0 spiro atoms. The Balaban J connectivity index is 2.26. The van der Waals surface area contributed by atoms with E-state index >= 15 is 0 Å². The summed E-state index contributed by atoms with van der Waals surface area (Å²) in [6, 6.07) is 0. The molecule has 1 N–H and O–H groups in total. The highest BCUT2D eigenvalue weighted by Crippen LogP contribution is 2.43. The highest BCUT2D eigenvalue weighted by atomic mass is 28.4. The third kappa shape index (κ3) is 11.3. The predicted octanol–water partition coefficient (Wildman–Crippen LogP) is 9.32. The number of aromatic nitrogens is 1. The second kappa shape index (κ2) is 16.7. The average molecular weight is 740 g/mol. The smallest absolute Gasteiger partial charge is 0.449 e. The molecule has 2 rings (SSSR count). The van der Waals surface area contributed by atoms with Crippen molar-refractivity contribution < 1.29 is 37.2 Å². The molecule has 0 aliphatic carbocycles. The van der Waals surface area contributed by atoms with Gasteiger partial charge in [-0.25, -0.2) is 4.98 Å². The minimum absolute atomic E-state index is 0.0245. The van der Waals surface area contributed by atoms with Gasteiger partial charge in [0.1, 0.15) is 18.1 Å². The molecule has 1 saturated heterocycles.